The average Bonchev–Trinajstić information content (AvgIpc) is 2.82. The Balaban J connectivity index is 2.59. The molecule has 0 aliphatic rings. The van der Waals surface area contributed by atoms with Crippen LogP contribution in [0.2, 0.25) is 0 Å². The van der Waals surface area contributed by atoms with Crippen LogP contribution in [0.25, 0.3) is 0 Å². The third-order valence-corrected chi connectivity index (χ3v) is 3.67. The lowest BCUT2D eigenvalue weighted by Crippen LogP contribution is -2.38. The molecule has 0 unspecified atom stereocenters. The number of aryl methyl sites for hydroxylation is 1. The monoisotopic (exact) mass is 311 g/mol. The van der Waals surface area contributed by atoms with E-state index in [-0.39, 0.29) is 5.91 Å². The largest absolute Gasteiger partial charge is 0.357 e. The quantitative estimate of drug-likeness (QED) is 0.636. The van der Waals surface area contributed by atoms with Crippen molar-refractivity contribution >= 4 is 23.2 Å². The highest BCUT2D eigenvalue weighted by Crippen LogP contribution is 2.09. The molecule has 21 heavy (non-hydrogen) atoms. The van der Waals surface area contributed by atoms with E-state index in [1.165, 1.54) is 0 Å². The van der Waals surface area contributed by atoms with E-state index >= 15 is 0 Å². The van der Waals surface area contributed by atoms with Gasteiger partial charge in [0.25, 0.3) is 0 Å². The zero-order chi connectivity index (χ0) is 15.8. The van der Waals surface area contributed by atoms with Gasteiger partial charge in [0.2, 0.25) is 5.91 Å². The molecule has 1 N–H and O–H groups in total. The van der Waals surface area contributed by atoms with Crippen LogP contribution in [0.4, 0.5) is 0 Å². The minimum absolute atomic E-state index is 0.0902. The molecule has 1 amide bonds. The van der Waals surface area contributed by atoms with Crippen molar-refractivity contribution in [3.05, 3.63) is 16.1 Å². The lowest BCUT2D eigenvalue weighted by atomic mass is 10.4. The first-order chi connectivity index (χ1) is 9.93. The van der Waals surface area contributed by atoms with Gasteiger partial charge in [-0.3, -0.25) is 9.79 Å². The first kappa shape index (κ1) is 17.4. The van der Waals surface area contributed by atoms with E-state index in [1.54, 1.807) is 30.3 Å². The second-order valence-electron chi connectivity index (χ2n) is 4.99. The molecule has 118 valence electrons. The Hall–Kier alpha value is -1.63. The maximum Gasteiger partial charge on any atom is 0.223 e. The Morgan fingerprint density at radius 2 is 2.14 bits per heavy atom. The fourth-order valence-corrected chi connectivity index (χ4v) is 2.35. The highest BCUT2D eigenvalue weighted by molar-refractivity contribution is 7.09. The summed E-state index contributed by atoms with van der Waals surface area (Å²) in [6, 6.07) is 0. The number of rotatable bonds is 6. The first-order valence-electron chi connectivity index (χ1n) is 7.04. The van der Waals surface area contributed by atoms with E-state index in [1.807, 2.05) is 25.8 Å². The summed E-state index contributed by atoms with van der Waals surface area (Å²) in [5.41, 5.74) is 1.04. The summed E-state index contributed by atoms with van der Waals surface area (Å²) in [5, 5.41) is 6.37. The molecule has 0 atom stereocenters. The number of aliphatic imine (C=N–C) groups is 1. The number of guanidine groups is 1. The van der Waals surface area contributed by atoms with E-state index in [2.05, 4.69) is 20.7 Å². The number of amides is 1. The molecule has 0 fully saturated rings. The Labute approximate surface area is 130 Å². The molecule has 1 heterocycles. The number of hydrogen-bond donors (Lipinski definition) is 1. The predicted octanol–water partition coefficient (Wildman–Crippen LogP) is 1.33. The Morgan fingerprint density at radius 3 is 2.67 bits per heavy atom. The fraction of sp³-hybridized carbons (Fsp3) is 0.643. The van der Waals surface area contributed by atoms with Gasteiger partial charge in [0.05, 0.1) is 23.8 Å². The van der Waals surface area contributed by atoms with E-state index in [0.717, 1.165) is 23.2 Å². The number of nitrogens with zero attached hydrogens (tertiary/aromatic N) is 4. The summed E-state index contributed by atoms with van der Waals surface area (Å²) < 4.78 is 0. The first-order valence-corrected chi connectivity index (χ1v) is 7.92. The number of nitrogens with one attached hydrogen (secondary N) is 1. The van der Waals surface area contributed by atoms with Crippen LogP contribution in [0.1, 0.15) is 24.0 Å². The van der Waals surface area contributed by atoms with Crippen LogP contribution in [0.5, 0.6) is 0 Å². The number of thiazole rings is 1. The van der Waals surface area contributed by atoms with Crippen LogP contribution in [-0.4, -0.2) is 60.9 Å². The minimum atomic E-state index is 0.0902. The lowest BCUT2D eigenvalue weighted by Gasteiger charge is -2.21. The molecule has 0 aromatic carbocycles. The molecule has 7 heteroatoms. The molecule has 6 nitrogen and oxygen atoms in total. The maximum atomic E-state index is 11.6. The fourth-order valence-electron chi connectivity index (χ4n) is 1.75. The van der Waals surface area contributed by atoms with Crippen LogP contribution in [0, 0.1) is 6.92 Å². The van der Waals surface area contributed by atoms with E-state index in [9.17, 15) is 4.79 Å². The van der Waals surface area contributed by atoms with Gasteiger partial charge in [-0.05, 0) is 13.8 Å². The molecule has 1 aromatic heterocycles. The number of aromatic nitrogens is 1. The average molecular weight is 311 g/mol. The molecule has 0 bridgehead atoms. The lowest BCUT2D eigenvalue weighted by molar-refractivity contribution is -0.128. The zero-order valence-corrected chi connectivity index (χ0v) is 14.3. The van der Waals surface area contributed by atoms with Gasteiger partial charge in [0.1, 0.15) is 0 Å². The second kappa shape index (κ2) is 8.61. The van der Waals surface area contributed by atoms with Gasteiger partial charge in [-0.1, -0.05) is 0 Å². The summed E-state index contributed by atoms with van der Waals surface area (Å²) >= 11 is 1.65. The zero-order valence-electron chi connectivity index (χ0n) is 13.5. The van der Waals surface area contributed by atoms with Crippen LogP contribution in [0.3, 0.4) is 0 Å². The van der Waals surface area contributed by atoms with Crippen LogP contribution < -0.4 is 5.32 Å². The van der Waals surface area contributed by atoms with E-state index in [4.69, 9.17) is 0 Å². The van der Waals surface area contributed by atoms with Gasteiger partial charge in [-0.2, -0.15) is 0 Å². The van der Waals surface area contributed by atoms with Crippen LogP contribution in [0.15, 0.2) is 10.4 Å². The molecule has 0 saturated carbocycles. The van der Waals surface area contributed by atoms with Crippen molar-refractivity contribution < 1.29 is 4.79 Å². The molecular formula is C14H25N5OS. The number of carbonyl (C=O) groups is 1. The number of hydrogen-bond acceptors (Lipinski definition) is 4. The Kier molecular flexibility index (Phi) is 7.14. The summed E-state index contributed by atoms with van der Waals surface area (Å²) in [6.45, 7) is 6.01. The van der Waals surface area contributed by atoms with Crippen molar-refractivity contribution in [2.24, 2.45) is 4.99 Å². The van der Waals surface area contributed by atoms with Crippen molar-refractivity contribution in [1.29, 1.82) is 0 Å². The SMILES string of the molecule is CCNC(=NCCC(=O)N(C)C)N(C)Cc1csc(C)n1. The third-order valence-electron chi connectivity index (χ3n) is 2.85. The van der Waals surface area contributed by atoms with Crippen molar-refractivity contribution in [3.63, 3.8) is 0 Å². The van der Waals surface area contributed by atoms with Gasteiger partial charge in [-0.25, -0.2) is 4.98 Å². The standard InChI is InChI=1S/C14H25N5OS/c1-6-15-14(16-8-7-13(20)18(3)4)19(5)9-12-10-21-11(2)17-12/h10H,6-9H2,1-5H3,(H,15,16). The molecule has 0 saturated heterocycles. The molecule has 0 spiro atoms. The van der Waals surface area contributed by atoms with Gasteiger partial charge in [0.15, 0.2) is 5.96 Å². The second-order valence-corrected chi connectivity index (χ2v) is 6.05. The summed E-state index contributed by atoms with van der Waals surface area (Å²) in [7, 11) is 5.49. The summed E-state index contributed by atoms with van der Waals surface area (Å²) in [6.07, 6.45) is 0.422. The molecule has 1 rings (SSSR count). The van der Waals surface area contributed by atoms with E-state index < -0.39 is 0 Å². The highest BCUT2D eigenvalue weighted by atomic mass is 32.1. The van der Waals surface area contributed by atoms with Gasteiger partial charge >= 0.3 is 0 Å². The maximum absolute atomic E-state index is 11.6. The van der Waals surface area contributed by atoms with Crippen molar-refractivity contribution in [1.82, 2.24) is 20.1 Å². The van der Waals surface area contributed by atoms with Gasteiger partial charge in [0, 0.05) is 39.5 Å². The molecular weight excluding hydrogens is 286 g/mol. The minimum Gasteiger partial charge on any atom is -0.357 e. The van der Waals surface area contributed by atoms with Gasteiger partial charge < -0.3 is 15.1 Å². The van der Waals surface area contributed by atoms with Crippen LogP contribution in [-0.2, 0) is 11.3 Å². The van der Waals surface area contributed by atoms with E-state index in [0.29, 0.717) is 19.5 Å². The molecule has 0 radical (unpaired) electrons. The van der Waals surface area contributed by atoms with Crippen molar-refractivity contribution in [3.8, 4) is 0 Å². The predicted molar refractivity (Wildman–Crippen MR) is 87.6 cm³/mol. The van der Waals surface area contributed by atoms with Crippen molar-refractivity contribution in [2.75, 3.05) is 34.2 Å². The molecule has 0 aliphatic heterocycles. The third kappa shape index (κ3) is 6.12. The summed E-state index contributed by atoms with van der Waals surface area (Å²) in [5.74, 6) is 0.891. The normalized spacial score (nSPS) is 11.4. The Bertz CT molecular complexity index is 483. The van der Waals surface area contributed by atoms with Gasteiger partial charge in [-0.15, -0.1) is 11.3 Å². The van der Waals surface area contributed by atoms with Crippen molar-refractivity contribution in [2.45, 2.75) is 26.8 Å². The smallest absolute Gasteiger partial charge is 0.223 e. The topological polar surface area (TPSA) is 60.8 Å². The Morgan fingerprint density at radius 1 is 1.43 bits per heavy atom. The number of carbonyl (C=O) groups excluding carboxylic acids is 1. The molecule has 0 aliphatic carbocycles. The van der Waals surface area contributed by atoms with Crippen LogP contribution >= 0.6 is 11.3 Å². The molecule has 1 aromatic rings. The highest BCUT2D eigenvalue weighted by Gasteiger charge is 2.09. The summed E-state index contributed by atoms with van der Waals surface area (Å²) in [4.78, 5) is 24.1.